The lowest BCUT2D eigenvalue weighted by Gasteiger charge is -2.23. The lowest BCUT2D eigenvalue weighted by atomic mass is 9.96. The number of anilines is 1. The maximum Gasteiger partial charge on any atom is 0.203 e. The van der Waals surface area contributed by atoms with Gasteiger partial charge in [0.25, 0.3) is 0 Å². The fraction of sp³-hybridized carbons (Fsp3) is 0.400. The second-order valence-electron chi connectivity index (χ2n) is 7.07. The summed E-state index contributed by atoms with van der Waals surface area (Å²) in [5.74, 6) is 0.922. The van der Waals surface area contributed by atoms with E-state index in [0.717, 1.165) is 33.1 Å². The highest BCUT2D eigenvalue weighted by Gasteiger charge is 2.15. The third-order valence-electron chi connectivity index (χ3n) is 5.13. The molecule has 1 N–H and O–H groups in total. The molecule has 5 heteroatoms. The zero-order chi connectivity index (χ0) is 17.4. The van der Waals surface area contributed by atoms with Gasteiger partial charge in [-0.05, 0) is 36.6 Å². The minimum Gasteiger partial charge on any atom is -0.353 e. The summed E-state index contributed by atoms with van der Waals surface area (Å²) in [4.78, 5) is 4.80. The molecular weight excluding hydrogens is 310 g/mol. The van der Waals surface area contributed by atoms with Gasteiger partial charge in [-0.15, -0.1) is 0 Å². The van der Waals surface area contributed by atoms with Crippen LogP contribution < -0.4 is 16.0 Å². The summed E-state index contributed by atoms with van der Waals surface area (Å²) >= 11 is 0. The zero-order valence-electron chi connectivity index (χ0n) is 15.0. The van der Waals surface area contributed by atoms with Gasteiger partial charge in [0.05, 0.1) is 16.2 Å². The summed E-state index contributed by atoms with van der Waals surface area (Å²) in [5.41, 5.74) is 2.13. The Morgan fingerprint density at radius 1 is 1.20 bits per heavy atom. The molecule has 130 valence electrons. The van der Waals surface area contributed by atoms with Crippen LogP contribution in [0, 0.1) is 0 Å². The molecule has 1 aromatic carbocycles. The summed E-state index contributed by atoms with van der Waals surface area (Å²) in [6.07, 6.45) is 10.6. The average Bonchev–Trinajstić information content (AvgIpc) is 3.10. The fourth-order valence-corrected chi connectivity index (χ4v) is 3.64. The number of hydrogen-bond acceptors (Lipinski definition) is 3. The first-order valence-electron chi connectivity index (χ1n) is 9.03. The number of aromatic nitrogens is 4. The van der Waals surface area contributed by atoms with Gasteiger partial charge in [0.1, 0.15) is 0 Å². The van der Waals surface area contributed by atoms with Crippen LogP contribution in [0.4, 0.5) is 5.95 Å². The zero-order valence-corrected chi connectivity index (χ0v) is 15.0. The molecule has 1 fully saturated rings. The van der Waals surface area contributed by atoms with Crippen LogP contribution in [0.25, 0.3) is 23.6 Å². The van der Waals surface area contributed by atoms with Gasteiger partial charge in [-0.3, -0.25) is 4.68 Å². The van der Waals surface area contributed by atoms with Crippen LogP contribution in [0.2, 0.25) is 0 Å². The monoisotopic (exact) mass is 335 g/mol. The Balaban J connectivity index is 1.67. The van der Waals surface area contributed by atoms with E-state index in [1.54, 1.807) is 0 Å². The predicted molar refractivity (Wildman–Crippen MR) is 103 cm³/mol. The Kier molecular flexibility index (Phi) is 4.07. The predicted octanol–water partition coefficient (Wildman–Crippen LogP) is 2.29. The van der Waals surface area contributed by atoms with Crippen molar-refractivity contribution in [3.05, 3.63) is 40.7 Å². The quantitative estimate of drug-likeness (QED) is 0.799. The molecule has 3 aromatic rings. The van der Waals surface area contributed by atoms with E-state index in [9.17, 15) is 0 Å². The van der Waals surface area contributed by atoms with Crippen molar-refractivity contribution in [1.82, 2.24) is 19.3 Å². The van der Waals surface area contributed by atoms with Crippen LogP contribution in [0.15, 0.2) is 24.4 Å². The smallest absolute Gasteiger partial charge is 0.203 e. The van der Waals surface area contributed by atoms with E-state index in [0.29, 0.717) is 6.04 Å². The first kappa shape index (κ1) is 15.9. The molecule has 1 aliphatic rings. The Morgan fingerprint density at radius 3 is 2.80 bits per heavy atom. The van der Waals surface area contributed by atoms with Crippen molar-refractivity contribution in [2.24, 2.45) is 14.1 Å². The molecule has 5 nitrogen and oxygen atoms in total. The van der Waals surface area contributed by atoms with Crippen molar-refractivity contribution in [1.29, 1.82) is 0 Å². The fourth-order valence-electron chi connectivity index (χ4n) is 3.64. The lowest BCUT2D eigenvalue weighted by Crippen LogP contribution is -2.28. The molecule has 0 radical (unpaired) electrons. The van der Waals surface area contributed by atoms with E-state index >= 15 is 0 Å². The highest BCUT2D eigenvalue weighted by atomic mass is 15.2. The van der Waals surface area contributed by atoms with E-state index in [4.69, 9.17) is 4.98 Å². The second-order valence-corrected chi connectivity index (χ2v) is 7.07. The maximum absolute atomic E-state index is 4.80. The van der Waals surface area contributed by atoms with Gasteiger partial charge >= 0.3 is 0 Å². The van der Waals surface area contributed by atoms with Gasteiger partial charge in [0.15, 0.2) is 0 Å². The Bertz CT molecular complexity index is 1000. The number of rotatable bonds is 3. The van der Waals surface area contributed by atoms with E-state index in [-0.39, 0.29) is 0 Å². The van der Waals surface area contributed by atoms with E-state index in [1.807, 2.05) is 31.0 Å². The van der Waals surface area contributed by atoms with Crippen LogP contribution in [0.5, 0.6) is 0 Å². The van der Waals surface area contributed by atoms with Gasteiger partial charge in [0, 0.05) is 31.7 Å². The molecule has 25 heavy (non-hydrogen) atoms. The number of aryl methyl sites for hydroxylation is 1. The first-order chi connectivity index (χ1) is 12.1. The molecular formula is C20H25N5. The van der Waals surface area contributed by atoms with Gasteiger partial charge in [-0.1, -0.05) is 31.9 Å². The molecule has 0 atom stereocenters. The normalized spacial score (nSPS) is 16.6. The second kappa shape index (κ2) is 6.39. The van der Waals surface area contributed by atoms with Crippen molar-refractivity contribution in [2.75, 3.05) is 5.32 Å². The minimum atomic E-state index is 0.536. The molecule has 2 aromatic heterocycles. The van der Waals surface area contributed by atoms with Gasteiger partial charge in [0.2, 0.25) is 5.95 Å². The summed E-state index contributed by atoms with van der Waals surface area (Å²) in [6.45, 7) is 4.21. The molecule has 0 saturated heterocycles. The average molecular weight is 335 g/mol. The van der Waals surface area contributed by atoms with Crippen molar-refractivity contribution in [3.8, 4) is 0 Å². The molecule has 0 spiro atoms. The molecule has 4 rings (SSSR count). The number of fused-ring (bicyclic) bond motifs is 1. The molecule has 0 amide bonds. The van der Waals surface area contributed by atoms with E-state index in [2.05, 4.69) is 39.8 Å². The van der Waals surface area contributed by atoms with Crippen LogP contribution in [-0.4, -0.2) is 25.4 Å². The number of benzene rings is 1. The highest BCUT2D eigenvalue weighted by molar-refractivity contribution is 5.80. The molecule has 2 heterocycles. The van der Waals surface area contributed by atoms with Gasteiger partial charge in [-0.25, -0.2) is 4.98 Å². The minimum absolute atomic E-state index is 0.536. The third-order valence-corrected chi connectivity index (χ3v) is 5.13. The number of hydrogen-bond donors (Lipinski definition) is 1. The van der Waals surface area contributed by atoms with Crippen LogP contribution in [0.1, 0.15) is 37.7 Å². The van der Waals surface area contributed by atoms with E-state index < -0.39 is 0 Å². The molecule has 0 aliphatic heterocycles. The van der Waals surface area contributed by atoms with Crippen LogP contribution in [-0.2, 0) is 14.1 Å². The Morgan fingerprint density at radius 2 is 2.00 bits per heavy atom. The summed E-state index contributed by atoms with van der Waals surface area (Å²) in [7, 11) is 3.97. The summed E-state index contributed by atoms with van der Waals surface area (Å²) < 4.78 is 3.90. The van der Waals surface area contributed by atoms with Crippen LogP contribution >= 0.6 is 0 Å². The van der Waals surface area contributed by atoms with Crippen LogP contribution in [0.3, 0.4) is 0 Å². The lowest BCUT2D eigenvalue weighted by molar-refractivity contribution is 0.459. The molecule has 0 bridgehead atoms. The largest absolute Gasteiger partial charge is 0.353 e. The molecule has 0 unspecified atom stereocenters. The summed E-state index contributed by atoms with van der Waals surface area (Å²) in [5, 5.41) is 11.0. The number of nitrogens with zero attached hydrogens (tertiary/aromatic N) is 4. The van der Waals surface area contributed by atoms with Crippen molar-refractivity contribution < 1.29 is 0 Å². The SMILES string of the molecule is C=c1/c(=C/c2ccc3nn(C)cc3c2)nc(NC2CCCCC2)n1C. The Labute approximate surface area is 147 Å². The Hall–Kier alpha value is -2.56. The molecule has 1 saturated carbocycles. The molecule has 1 aliphatic carbocycles. The number of imidazole rings is 1. The van der Waals surface area contributed by atoms with Crippen molar-refractivity contribution in [3.63, 3.8) is 0 Å². The summed E-state index contributed by atoms with van der Waals surface area (Å²) in [6, 6.07) is 6.81. The number of nitrogens with one attached hydrogen (secondary N) is 1. The standard InChI is InChI=1S/C20H25N5/c1-14-19(12-15-9-10-18-16(11-15)13-24(2)23-18)22-20(25(14)3)21-17-7-5-4-6-8-17/h9-13,17H,1,4-8H2,2-3H3,(H,21,22)/b19-12-. The van der Waals surface area contributed by atoms with Crippen molar-refractivity contribution in [2.45, 2.75) is 38.1 Å². The van der Waals surface area contributed by atoms with Gasteiger partial charge < -0.3 is 9.88 Å². The van der Waals surface area contributed by atoms with Gasteiger partial charge in [-0.2, -0.15) is 5.10 Å². The highest BCUT2D eigenvalue weighted by Crippen LogP contribution is 2.20. The topological polar surface area (TPSA) is 47.7 Å². The van der Waals surface area contributed by atoms with Crippen molar-refractivity contribution >= 4 is 29.5 Å². The third kappa shape index (κ3) is 3.18. The first-order valence-corrected chi connectivity index (χ1v) is 9.03. The maximum atomic E-state index is 4.80. The van der Waals surface area contributed by atoms with E-state index in [1.165, 1.54) is 32.1 Å².